The summed E-state index contributed by atoms with van der Waals surface area (Å²) in [7, 11) is 0. The van der Waals surface area contributed by atoms with Crippen LogP contribution in [0.1, 0.15) is 30.1 Å². The molecule has 0 aliphatic heterocycles. The lowest BCUT2D eigenvalue weighted by molar-refractivity contribution is -0.140. The van der Waals surface area contributed by atoms with Crippen molar-refractivity contribution in [3.05, 3.63) is 29.6 Å². The van der Waals surface area contributed by atoms with Gasteiger partial charge in [0.05, 0.1) is 5.56 Å². The summed E-state index contributed by atoms with van der Waals surface area (Å²) < 4.78 is 51.0. The predicted octanol–water partition coefficient (Wildman–Crippen LogP) is 3.21. The van der Waals surface area contributed by atoms with E-state index in [9.17, 15) is 22.4 Å². The van der Waals surface area contributed by atoms with Crippen molar-refractivity contribution < 1.29 is 22.4 Å². The molecular weight excluding hydrogens is 276 g/mol. The maximum absolute atomic E-state index is 13.6. The number of hydrogen-bond acceptors (Lipinski definition) is 2. The number of nitrogens with two attached hydrogens (primary N) is 1. The van der Waals surface area contributed by atoms with Gasteiger partial charge in [-0.3, -0.25) is 4.79 Å². The average molecular weight is 292 g/mol. The summed E-state index contributed by atoms with van der Waals surface area (Å²) in [5.41, 5.74) is 5.12. The average Bonchev–Trinajstić information content (AvgIpc) is 2.35. The molecule has 7 heteroatoms. The highest BCUT2D eigenvalue weighted by Crippen LogP contribution is 2.20. The molecule has 2 N–H and O–H groups in total. The summed E-state index contributed by atoms with van der Waals surface area (Å²) in [5, 5.41) is 0. The van der Waals surface area contributed by atoms with Gasteiger partial charge in [0.15, 0.2) is 0 Å². The van der Waals surface area contributed by atoms with Crippen LogP contribution < -0.4 is 5.73 Å². The number of unbranched alkanes of at least 4 members (excludes halogenated alkanes) is 1. The van der Waals surface area contributed by atoms with Gasteiger partial charge in [-0.25, -0.2) is 4.39 Å². The molecule has 0 radical (unpaired) electrons. The molecule has 0 aliphatic carbocycles. The van der Waals surface area contributed by atoms with Crippen LogP contribution in [0.4, 0.5) is 23.2 Å². The number of nitrogen functional groups attached to an aromatic ring is 1. The second kappa shape index (κ2) is 6.58. The van der Waals surface area contributed by atoms with Crippen molar-refractivity contribution in [2.45, 2.75) is 25.9 Å². The third-order valence-electron chi connectivity index (χ3n) is 2.66. The summed E-state index contributed by atoms with van der Waals surface area (Å²) in [5.74, 6) is -1.88. The van der Waals surface area contributed by atoms with E-state index in [-0.39, 0.29) is 12.2 Å². The zero-order valence-corrected chi connectivity index (χ0v) is 11.0. The van der Waals surface area contributed by atoms with E-state index in [0.29, 0.717) is 17.7 Å². The molecule has 0 atom stereocenters. The SMILES string of the molecule is CCCCN(CC(F)(F)F)C(=O)c1cc(N)ccc1F. The lowest BCUT2D eigenvalue weighted by Crippen LogP contribution is -2.40. The molecule has 1 rings (SSSR count). The number of amides is 1. The molecule has 112 valence electrons. The standard InChI is InChI=1S/C13H16F4N2O/c1-2-3-6-19(8-13(15,16)17)12(20)10-7-9(18)4-5-11(10)14/h4-5,7H,2-3,6,8,18H2,1H3. The van der Waals surface area contributed by atoms with Crippen molar-refractivity contribution in [3.8, 4) is 0 Å². The van der Waals surface area contributed by atoms with Crippen molar-refractivity contribution in [3.63, 3.8) is 0 Å². The topological polar surface area (TPSA) is 46.3 Å². The second-order valence-electron chi connectivity index (χ2n) is 4.43. The van der Waals surface area contributed by atoms with Gasteiger partial charge in [0.25, 0.3) is 5.91 Å². The summed E-state index contributed by atoms with van der Waals surface area (Å²) in [6, 6.07) is 3.26. The van der Waals surface area contributed by atoms with Gasteiger partial charge < -0.3 is 10.6 Å². The number of nitrogens with zero attached hydrogens (tertiary/aromatic N) is 1. The first kappa shape index (κ1) is 16.3. The molecule has 1 amide bonds. The number of carbonyl (C=O) groups is 1. The molecule has 0 saturated carbocycles. The van der Waals surface area contributed by atoms with Gasteiger partial charge in [0.2, 0.25) is 0 Å². The molecule has 0 aliphatic rings. The van der Waals surface area contributed by atoms with Crippen LogP contribution in [0, 0.1) is 5.82 Å². The molecular formula is C13H16F4N2O. The van der Waals surface area contributed by atoms with E-state index in [0.717, 1.165) is 12.1 Å². The van der Waals surface area contributed by atoms with Crippen molar-refractivity contribution in [2.24, 2.45) is 0 Å². The van der Waals surface area contributed by atoms with E-state index < -0.39 is 30.0 Å². The molecule has 0 heterocycles. The highest BCUT2D eigenvalue weighted by atomic mass is 19.4. The monoisotopic (exact) mass is 292 g/mol. The maximum Gasteiger partial charge on any atom is 0.406 e. The molecule has 1 aromatic rings. The van der Waals surface area contributed by atoms with Crippen molar-refractivity contribution in [2.75, 3.05) is 18.8 Å². The fourth-order valence-corrected chi connectivity index (χ4v) is 1.69. The molecule has 0 unspecified atom stereocenters. The number of carbonyl (C=O) groups excluding carboxylic acids is 1. The number of hydrogen-bond donors (Lipinski definition) is 1. The van der Waals surface area contributed by atoms with E-state index in [4.69, 9.17) is 5.73 Å². The minimum Gasteiger partial charge on any atom is -0.399 e. The molecule has 0 saturated heterocycles. The van der Waals surface area contributed by atoms with Gasteiger partial charge in [0.1, 0.15) is 12.4 Å². The smallest absolute Gasteiger partial charge is 0.399 e. The molecule has 20 heavy (non-hydrogen) atoms. The van der Waals surface area contributed by atoms with Gasteiger partial charge in [-0.1, -0.05) is 13.3 Å². The summed E-state index contributed by atoms with van der Waals surface area (Å²) in [6.45, 7) is 0.306. The van der Waals surface area contributed by atoms with E-state index in [1.807, 2.05) is 0 Å². The third-order valence-corrected chi connectivity index (χ3v) is 2.66. The molecule has 0 fully saturated rings. The van der Waals surface area contributed by atoms with Gasteiger partial charge in [-0.15, -0.1) is 0 Å². The Balaban J connectivity index is 2.99. The lowest BCUT2D eigenvalue weighted by atomic mass is 10.1. The van der Waals surface area contributed by atoms with E-state index in [2.05, 4.69) is 0 Å². The van der Waals surface area contributed by atoms with Crippen LogP contribution in [0.15, 0.2) is 18.2 Å². The van der Waals surface area contributed by atoms with Crippen LogP contribution in [-0.4, -0.2) is 30.1 Å². The normalized spacial score (nSPS) is 11.4. The van der Waals surface area contributed by atoms with Crippen molar-refractivity contribution >= 4 is 11.6 Å². The van der Waals surface area contributed by atoms with Crippen molar-refractivity contribution in [1.82, 2.24) is 4.90 Å². The van der Waals surface area contributed by atoms with Crippen LogP contribution in [0.5, 0.6) is 0 Å². The van der Waals surface area contributed by atoms with Crippen LogP contribution in [-0.2, 0) is 0 Å². The first-order valence-electron chi connectivity index (χ1n) is 6.15. The molecule has 0 spiro atoms. The van der Waals surface area contributed by atoms with Crippen LogP contribution >= 0.6 is 0 Å². The molecule has 3 nitrogen and oxygen atoms in total. The highest BCUT2D eigenvalue weighted by Gasteiger charge is 2.33. The number of alkyl halides is 3. The number of anilines is 1. The van der Waals surface area contributed by atoms with Crippen molar-refractivity contribution in [1.29, 1.82) is 0 Å². The summed E-state index contributed by atoms with van der Waals surface area (Å²) >= 11 is 0. The molecule has 0 bridgehead atoms. The zero-order valence-electron chi connectivity index (χ0n) is 11.0. The number of halogens is 4. The largest absolute Gasteiger partial charge is 0.406 e. The summed E-state index contributed by atoms with van der Waals surface area (Å²) in [4.78, 5) is 12.6. The van der Waals surface area contributed by atoms with E-state index in [1.54, 1.807) is 6.92 Å². The first-order chi connectivity index (χ1) is 9.24. The fourth-order valence-electron chi connectivity index (χ4n) is 1.69. The zero-order chi connectivity index (χ0) is 15.3. The maximum atomic E-state index is 13.6. The van der Waals surface area contributed by atoms with E-state index >= 15 is 0 Å². The molecule has 1 aromatic carbocycles. The Hall–Kier alpha value is -1.79. The Morgan fingerprint density at radius 3 is 2.55 bits per heavy atom. The van der Waals surface area contributed by atoms with Crippen LogP contribution in [0.3, 0.4) is 0 Å². The molecule has 0 aromatic heterocycles. The summed E-state index contributed by atoms with van der Waals surface area (Å²) in [6.07, 6.45) is -3.49. The third kappa shape index (κ3) is 4.71. The number of benzene rings is 1. The van der Waals surface area contributed by atoms with Gasteiger partial charge >= 0.3 is 6.18 Å². The Kier molecular flexibility index (Phi) is 5.35. The van der Waals surface area contributed by atoms with Crippen LogP contribution in [0.25, 0.3) is 0 Å². The Bertz CT molecular complexity index is 474. The fraction of sp³-hybridized carbons (Fsp3) is 0.462. The first-order valence-corrected chi connectivity index (χ1v) is 6.15. The van der Waals surface area contributed by atoms with Crippen LogP contribution in [0.2, 0.25) is 0 Å². The minimum absolute atomic E-state index is 0.0803. The Morgan fingerprint density at radius 1 is 1.35 bits per heavy atom. The Labute approximate surface area is 114 Å². The quantitative estimate of drug-likeness (QED) is 0.669. The second-order valence-corrected chi connectivity index (χ2v) is 4.43. The van der Waals surface area contributed by atoms with Gasteiger partial charge in [-0.2, -0.15) is 13.2 Å². The van der Waals surface area contributed by atoms with E-state index in [1.165, 1.54) is 6.07 Å². The minimum atomic E-state index is -4.53. The Morgan fingerprint density at radius 2 is 2.00 bits per heavy atom. The highest BCUT2D eigenvalue weighted by molar-refractivity contribution is 5.95. The van der Waals surface area contributed by atoms with Gasteiger partial charge in [-0.05, 0) is 24.6 Å². The predicted molar refractivity (Wildman–Crippen MR) is 67.7 cm³/mol. The number of rotatable bonds is 5. The van der Waals surface area contributed by atoms with Gasteiger partial charge in [0, 0.05) is 12.2 Å². The lowest BCUT2D eigenvalue weighted by Gasteiger charge is -2.24.